The number of nitrogens with one attached hydrogen (secondary N) is 1. The first-order valence-corrected chi connectivity index (χ1v) is 10.1. The summed E-state index contributed by atoms with van der Waals surface area (Å²) < 4.78 is 0. The Balaban J connectivity index is 1.38. The van der Waals surface area contributed by atoms with E-state index in [1.165, 1.54) is 12.0 Å². The molecule has 6 heteroatoms. The fourth-order valence-corrected chi connectivity index (χ4v) is 3.90. The molecule has 0 bridgehead atoms. The molecule has 0 unspecified atom stereocenters. The van der Waals surface area contributed by atoms with Gasteiger partial charge in [0, 0.05) is 44.5 Å². The van der Waals surface area contributed by atoms with Gasteiger partial charge in [0.2, 0.25) is 11.8 Å². The maximum atomic E-state index is 12.6. The van der Waals surface area contributed by atoms with Gasteiger partial charge in [0.05, 0.1) is 13.1 Å². The van der Waals surface area contributed by atoms with Gasteiger partial charge in [0.1, 0.15) is 0 Å². The Morgan fingerprint density at radius 3 is 2.22 bits per heavy atom. The van der Waals surface area contributed by atoms with Gasteiger partial charge in [-0.1, -0.05) is 17.7 Å². The van der Waals surface area contributed by atoms with Crippen molar-refractivity contribution in [1.82, 2.24) is 14.7 Å². The third-order valence-electron chi connectivity index (χ3n) is 5.65. The second kappa shape index (κ2) is 9.33. The van der Waals surface area contributed by atoms with Crippen molar-refractivity contribution in [3.8, 4) is 0 Å². The Kier molecular flexibility index (Phi) is 6.85. The summed E-state index contributed by atoms with van der Waals surface area (Å²) in [5, 5.41) is 2.95. The molecule has 148 valence electrons. The normalized spacial score (nSPS) is 21.9. The van der Waals surface area contributed by atoms with Crippen LogP contribution in [0.2, 0.25) is 0 Å². The minimum absolute atomic E-state index is 0.0190. The van der Waals surface area contributed by atoms with Crippen molar-refractivity contribution in [2.75, 3.05) is 51.1 Å². The van der Waals surface area contributed by atoms with Crippen molar-refractivity contribution in [2.45, 2.75) is 39.2 Å². The summed E-state index contributed by atoms with van der Waals surface area (Å²) in [7, 11) is 0. The predicted octanol–water partition coefficient (Wildman–Crippen LogP) is 1.95. The van der Waals surface area contributed by atoms with Crippen LogP contribution < -0.4 is 5.32 Å². The van der Waals surface area contributed by atoms with Gasteiger partial charge in [0.25, 0.3) is 0 Å². The molecule has 1 aromatic rings. The van der Waals surface area contributed by atoms with Gasteiger partial charge in [-0.05, 0) is 45.2 Å². The highest BCUT2D eigenvalue weighted by molar-refractivity contribution is 5.92. The number of anilines is 1. The molecule has 0 aliphatic carbocycles. The Morgan fingerprint density at radius 1 is 0.963 bits per heavy atom. The van der Waals surface area contributed by atoms with Crippen molar-refractivity contribution >= 4 is 17.5 Å². The Labute approximate surface area is 162 Å². The lowest BCUT2D eigenvalue weighted by atomic mass is 10.0. The zero-order valence-electron chi connectivity index (χ0n) is 16.6. The van der Waals surface area contributed by atoms with E-state index < -0.39 is 0 Å². The molecule has 3 rings (SSSR count). The van der Waals surface area contributed by atoms with Crippen molar-refractivity contribution in [3.05, 3.63) is 29.8 Å². The van der Waals surface area contributed by atoms with Crippen molar-refractivity contribution in [1.29, 1.82) is 0 Å². The molecule has 2 amide bonds. The number of nitrogens with zero attached hydrogens (tertiary/aromatic N) is 3. The minimum atomic E-state index is 0.0190. The first kappa shape index (κ1) is 19.8. The number of rotatable bonds is 5. The Morgan fingerprint density at radius 2 is 1.59 bits per heavy atom. The molecule has 27 heavy (non-hydrogen) atoms. The highest BCUT2D eigenvalue weighted by atomic mass is 16.2. The van der Waals surface area contributed by atoms with E-state index in [-0.39, 0.29) is 11.8 Å². The predicted molar refractivity (Wildman–Crippen MR) is 108 cm³/mol. The van der Waals surface area contributed by atoms with Crippen LogP contribution in [0.1, 0.15) is 31.7 Å². The molecule has 2 aliphatic rings. The van der Waals surface area contributed by atoms with Crippen LogP contribution in [-0.4, -0.2) is 78.4 Å². The van der Waals surface area contributed by atoms with Gasteiger partial charge in [-0.3, -0.25) is 19.4 Å². The average molecular weight is 373 g/mol. The molecule has 6 nitrogen and oxygen atoms in total. The monoisotopic (exact) mass is 372 g/mol. The maximum absolute atomic E-state index is 12.6. The van der Waals surface area contributed by atoms with E-state index >= 15 is 0 Å². The number of amides is 2. The lowest BCUT2D eigenvalue weighted by molar-refractivity contribution is -0.136. The fourth-order valence-electron chi connectivity index (χ4n) is 3.90. The maximum Gasteiger partial charge on any atom is 0.238 e. The lowest BCUT2D eigenvalue weighted by Crippen LogP contribution is -2.53. The summed E-state index contributed by atoms with van der Waals surface area (Å²) >= 11 is 0. The molecule has 2 saturated heterocycles. The van der Waals surface area contributed by atoms with Crippen LogP contribution in [0.25, 0.3) is 0 Å². The van der Waals surface area contributed by atoms with Gasteiger partial charge >= 0.3 is 0 Å². The topological polar surface area (TPSA) is 55.9 Å². The zero-order valence-corrected chi connectivity index (χ0v) is 16.6. The molecule has 2 fully saturated rings. The van der Waals surface area contributed by atoms with Gasteiger partial charge in [0.15, 0.2) is 0 Å². The number of carbonyl (C=O) groups excluding carboxylic acids is 2. The highest BCUT2D eigenvalue weighted by Gasteiger charge is 2.26. The van der Waals surface area contributed by atoms with Gasteiger partial charge in [-0.2, -0.15) is 0 Å². The van der Waals surface area contributed by atoms with Crippen LogP contribution in [0.15, 0.2) is 24.3 Å². The summed E-state index contributed by atoms with van der Waals surface area (Å²) in [6, 6.07) is 8.22. The van der Waals surface area contributed by atoms with Crippen LogP contribution in [0, 0.1) is 6.92 Å². The third kappa shape index (κ3) is 5.78. The van der Waals surface area contributed by atoms with Crippen molar-refractivity contribution in [2.24, 2.45) is 0 Å². The van der Waals surface area contributed by atoms with E-state index in [2.05, 4.69) is 22.0 Å². The molecule has 1 aromatic carbocycles. The summed E-state index contributed by atoms with van der Waals surface area (Å²) in [4.78, 5) is 31.2. The molecule has 0 aromatic heterocycles. The van der Waals surface area contributed by atoms with E-state index in [1.54, 1.807) is 0 Å². The fraction of sp³-hybridized carbons (Fsp3) is 0.619. The van der Waals surface area contributed by atoms with Crippen molar-refractivity contribution < 1.29 is 9.59 Å². The zero-order chi connectivity index (χ0) is 19.2. The molecular weight excluding hydrogens is 340 g/mol. The SMILES string of the molecule is Cc1ccc(NC(=O)CN2CCN(CC(=O)N3CCCC[C@@H]3C)CC2)cc1. The minimum Gasteiger partial charge on any atom is -0.339 e. The van der Waals surface area contributed by atoms with Gasteiger partial charge in [-0.25, -0.2) is 0 Å². The number of benzene rings is 1. The Hall–Kier alpha value is -1.92. The van der Waals surface area contributed by atoms with Crippen LogP contribution in [-0.2, 0) is 9.59 Å². The van der Waals surface area contributed by atoms with Gasteiger partial charge < -0.3 is 10.2 Å². The second-order valence-electron chi connectivity index (χ2n) is 7.90. The molecule has 0 spiro atoms. The largest absolute Gasteiger partial charge is 0.339 e. The number of hydrogen-bond acceptors (Lipinski definition) is 4. The van der Waals surface area contributed by atoms with E-state index in [9.17, 15) is 9.59 Å². The van der Waals surface area contributed by atoms with Crippen molar-refractivity contribution in [3.63, 3.8) is 0 Å². The number of hydrogen-bond donors (Lipinski definition) is 1. The quantitative estimate of drug-likeness (QED) is 0.858. The number of carbonyl (C=O) groups is 2. The molecule has 0 radical (unpaired) electrons. The van der Waals surface area contributed by atoms with Crippen LogP contribution >= 0.6 is 0 Å². The van der Waals surface area contributed by atoms with Crippen LogP contribution in [0.5, 0.6) is 0 Å². The van der Waals surface area contributed by atoms with Crippen LogP contribution in [0.4, 0.5) is 5.69 Å². The first-order valence-electron chi connectivity index (χ1n) is 10.1. The molecule has 1 atom stereocenters. The van der Waals surface area contributed by atoms with E-state index in [0.29, 0.717) is 19.1 Å². The second-order valence-corrected chi connectivity index (χ2v) is 7.90. The Bertz CT molecular complexity index is 638. The standard InChI is InChI=1S/C21H32N4O2/c1-17-6-8-19(9-7-17)22-20(26)15-23-11-13-24(14-12-23)16-21(27)25-10-4-3-5-18(25)2/h6-9,18H,3-5,10-16H2,1-2H3,(H,22,26)/t18-/m0/s1. The summed E-state index contributed by atoms with van der Waals surface area (Å²) in [6.45, 7) is 9.32. The van der Waals surface area contributed by atoms with E-state index in [1.807, 2.05) is 36.1 Å². The average Bonchev–Trinajstić information content (AvgIpc) is 2.65. The van der Waals surface area contributed by atoms with Crippen LogP contribution in [0.3, 0.4) is 0 Å². The molecule has 0 saturated carbocycles. The number of piperazine rings is 1. The van der Waals surface area contributed by atoms with E-state index in [0.717, 1.165) is 51.3 Å². The highest BCUT2D eigenvalue weighted by Crippen LogP contribution is 2.17. The molecule has 2 aliphatic heterocycles. The smallest absolute Gasteiger partial charge is 0.238 e. The first-order chi connectivity index (χ1) is 13.0. The third-order valence-corrected chi connectivity index (χ3v) is 5.65. The lowest BCUT2D eigenvalue weighted by Gasteiger charge is -2.37. The molecule has 2 heterocycles. The van der Waals surface area contributed by atoms with E-state index in [4.69, 9.17) is 0 Å². The molecule has 1 N–H and O–H groups in total. The van der Waals surface area contributed by atoms with Gasteiger partial charge in [-0.15, -0.1) is 0 Å². The summed E-state index contributed by atoms with van der Waals surface area (Å²) in [5.74, 6) is 0.276. The summed E-state index contributed by atoms with van der Waals surface area (Å²) in [6.07, 6.45) is 3.48. The molecular formula is C21H32N4O2. The number of likely N-dealkylation sites (tertiary alicyclic amines) is 1. The number of aryl methyl sites for hydroxylation is 1. The number of piperidine rings is 1. The summed E-state index contributed by atoms with van der Waals surface area (Å²) in [5.41, 5.74) is 2.02.